The van der Waals surface area contributed by atoms with Crippen LogP contribution in [0.4, 0.5) is 0 Å². The van der Waals surface area contributed by atoms with Gasteiger partial charge in [0.2, 0.25) is 5.82 Å². The monoisotopic (exact) mass is 429 g/mol. The van der Waals surface area contributed by atoms with Gasteiger partial charge >= 0.3 is 5.97 Å². The molecule has 0 saturated carbocycles. The van der Waals surface area contributed by atoms with E-state index in [0.717, 1.165) is 10.5 Å². The van der Waals surface area contributed by atoms with E-state index in [4.69, 9.17) is 13.7 Å². The zero-order valence-corrected chi connectivity index (χ0v) is 16.6. The van der Waals surface area contributed by atoms with E-state index in [2.05, 4.69) is 10.1 Å². The lowest BCUT2D eigenvalue weighted by Crippen LogP contribution is -2.28. The number of nitrogens with zero attached hydrogens (tertiary/aromatic N) is 3. The Balaban J connectivity index is 1.27. The van der Waals surface area contributed by atoms with Crippen molar-refractivity contribution in [2.24, 2.45) is 0 Å². The van der Waals surface area contributed by atoms with E-state index in [-0.39, 0.29) is 35.7 Å². The van der Waals surface area contributed by atoms with Crippen LogP contribution in [0.1, 0.15) is 42.7 Å². The van der Waals surface area contributed by atoms with Crippen LogP contribution in [-0.2, 0) is 17.9 Å². The number of aromatic nitrogens is 2. The standard InChI is InChI=1S/C23H15N3O6/c27-21-17-9-8-15(11-18(17)22(28)26(21)12-16-7-4-10-30-16)23(29)31-13-19-24-20(25-32-19)14-5-2-1-3-6-14/h1-11H,12-13H2. The number of fused-ring (bicyclic) bond motifs is 1. The molecule has 5 rings (SSSR count). The quantitative estimate of drug-likeness (QED) is 0.338. The molecule has 0 aliphatic carbocycles. The Hall–Kier alpha value is -4.53. The van der Waals surface area contributed by atoms with Gasteiger partial charge < -0.3 is 13.7 Å². The fourth-order valence-corrected chi connectivity index (χ4v) is 3.35. The largest absolute Gasteiger partial charge is 0.467 e. The summed E-state index contributed by atoms with van der Waals surface area (Å²) in [5.74, 6) is -0.629. The molecule has 0 N–H and O–H groups in total. The van der Waals surface area contributed by atoms with Gasteiger partial charge in [0.1, 0.15) is 5.76 Å². The fourth-order valence-electron chi connectivity index (χ4n) is 3.35. The summed E-state index contributed by atoms with van der Waals surface area (Å²) in [6.45, 7) is -0.215. The number of amides is 2. The number of furan rings is 1. The van der Waals surface area contributed by atoms with E-state index in [9.17, 15) is 14.4 Å². The van der Waals surface area contributed by atoms with E-state index < -0.39 is 17.8 Å². The number of hydrogen-bond acceptors (Lipinski definition) is 8. The maximum absolute atomic E-state index is 12.7. The number of benzene rings is 2. The second-order valence-corrected chi connectivity index (χ2v) is 6.99. The summed E-state index contributed by atoms with van der Waals surface area (Å²) >= 11 is 0. The van der Waals surface area contributed by atoms with Crippen LogP contribution in [-0.4, -0.2) is 32.8 Å². The molecule has 0 unspecified atom stereocenters. The molecule has 2 aromatic carbocycles. The first-order chi connectivity index (χ1) is 15.6. The fraction of sp³-hybridized carbons (Fsp3) is 0.0870. The first-order valence-electron chi connectivity index (χ1n) is 9.68. The third-order valence-electron chi connectivity index (χ3n) is 4.93. The molecule has 2 amide bonds. The highest BCUT2D eigenvalue weighted by Crippen LogP contribution is 2.26. The zero-order chi connectivity index (χ0) is 22.1. The molecule has 4 aromatic rings. The maximum Gasteiger partial charge on any atom is 0.338 e. The minimum absolute atomic E-state index is 0.0139. The predicted molar refractivity (Wildman–Crippen MR) is 108 cm³/mol. The lowest BCUT2D eigenvalue weighted by atomic mass is 10.1. The summed E-state index contributed by atoms with van der Waals surface area (Å²) in [4.78, 5) is 43.0. The highest BCUT2D eigenvalue weighted by atomic mass is 16.6. The number of ether oxygens (including phenoxy) is 1. The molecule has 1 aliphatic rings. The molecule has 1 aliphatic heterocycles. The van der Waals surface area contributed by atoms with Crippen LogP contribution in [0.3, 0.4) is 0 Å². The number of carbonyl (C=O) groups is 3. The molecular weight excluding hydrogens is 414 g/mol. The Bertz CT molecular complexity index is 1310. The van der Waals surface area contributed by atoms with E-state index in [1.165, 1.54) is 24.5 Å². The van der Waals surface area contributed by atoms with Crippen molar-refractivity contribution in [3.8, 4) is 11.4 Å². The third-order valence-corrected chi connectivity index (χ3v) is 4.93. The minimum atomic E-state index is -0.683. The van der Waals surface area contributed by atoms with Gasteiger partial charge in [-0.05, 0) is 30.3 Å². The molecule has 0 spiro atoms. The smallest absolute Gasteiger partial charge is 0.338 e. The molecule has 0 fully saturated rings. The molecule has 9 nitrogen and oxygen atoms in total. The minimum Gasteiger partial charge on any atom is -0.467 e. The summed E-state index contributed by atoms with van der Waals surface area (Å²) in [7, 11) is 0. The molecule has 3 heterocycles. The average Bonchev–Trinajstić information content (AvgIpc) is 3.56. The second kappa shape index (κ2) is 7.95. The molecular formula is C23H15N3O6. The molecule has 0 bridgehead atoms. The Morgan fingerprint density at radius 1 is 0.969 bits per heavy atom. The lowest BCUT2D eigenvalue weighted by molar-refractivity contribution is 0.0429. The molecule has 32 heavy (non-hydrogen) atoms. The van der Waals surface area contributed by atoms with Crippen LogP contribution >= 0.6 is 0 Å². The third kappa shape index (κ3) is 3.56. The van der Waals surface area contributed by atoms with Crippen molar-refractivity contribution >= 4 is 17.8 Å². The molecule has 0 atom stereocenters. The molecule has 0 radical (unpaired) electrons. The van der Waals surface area contributed by atoms with Gasteiger partial charge in [0.25, 0.3) is 17.7 Å². The van der Waals surface area contributed by atoms with Crippen LogP contribution in [0.25, 0.3) is 11.4 Å². The number of hydrogen-bond donors (Lipinski definition) is 0. The van der Waals surface area contributed by atoms with E-state index in [1.54, 1.807) is 12.1 Å². The van der Waals surface area contributed by atoms with E-state index in [0.29, 0.717) is 11.6 Å². The van der Waals surface area contributed by atoms with E-state index >= 15 is 0 Å². The Labute approximate surface area is 181 Å². The first-order valence-corrected chi connectivity index (χ1v) is 9.68. The van der Waals surface area contributed by atoms with E-state index in [1.807, 2.05) is 30.3 Å². The van der Waals surface area contributed by atoms with Crippen LogP contribution in [0.15, 0.2) is 75.9 Å². The van der Waals surface area contributed by atoms with Gasteiger partial charge in [0.15, 0.2) is 6.61 Å². The zero-order valence-electron chi connectivity index (χ0n) is 16.6. The first kappa shape index (κ1) is 19.4. The van der Waals surface area contributed by atoms with Gasteiger partial charge in [-0.1, -0.05) is 35.5 Å². The van der Waals surface area contributed by atoms with Gasteiger partial charge in [-0.15, -0.1) is 0 Å². The Morgan fingerprint density at radius 3 is 2.56 bits per heavy atom. The van der Waals surface area contributed by atoms with Crippen LogP contribution < -0.4 is 0 Å². The normalized spacial score (nSPS) is 12.8. The molecule has 2 aromatic heterocycles. The SMILES string of the molecule is O=C(OCc1nc(-c2ccccc2)no1)c1ccc2c(c1)C(=O)N(Cc1ccco1)C2=O. The number of rotatable bonds is 6. The lowest BCUT2D eigenvalue weighted by Gasteiger charge is -2.11. The van der Waals surface area contributed by atoms with Crippen LogP contribution in [0.2, 0.25) is 0 Å². The highest BCUT2D eigenvalue weighted by molar-refractivity contribution is 6.21. The van der Waals surface area contributed by atoms with Gasteiger partial charge in [-0.3, -0.25) is 14.5 Å². The van der Waals surface area contributed by atoms with Gasteiger partial charge in [-0.2, -0.15) is 4.98 Å². The van der Waals surface area contributed by atoms with Crippen molar-refractivity contribution in [3.63, 3.8) is 0 Å². The van der Waals surface area contributed by atoms with Crippen molar-refractivity contribution in [1.29, 1.82) is 0 Å². The molecule has 0 saturated heterocycles. The van der Waals surface area contributed by atoms with Gasteiger partial charge in [0.05, 0.1) is 29.5 Å². The second-order valence-electron chi connectivity index (χ2n) is 6.99. The van der Waals surface area contributed by atoms with Crippen molar-refractivity contribution in [2.75, 3.05) is 0 Å². The van der Waals surface area contributed by atoms with Crippen LogP contribution in [0, 0.1) is 0 Å². The van der Waals surface area contributed by atoms with Crippen molar-refractivity contribution in [2.45, 2.75) is 13.2 Å². The molecule has 158 valence electrons. The van der Waals surface area contributed by atoms with Gasteiger partial charge in [0, 0.05) is 5.56 Å². The van der Waals surface area contributed by atoms with Gasteiger partial charge in [-0.25, -0.2) is 4.79 Å². The topological polar surface area (TPSA) is 116 Å². The summed E-state index contributed by atoms with van der Waals surface area (Å²) in [5.41, 5.74) is 1.27. The number of esters is 1. The number of imide groups is 1. The van der Waals surface area contributed by atoms with Crippen LogP contribution in [0.5, 0.6) is 0 Å². The predicted octanol–water partition coefficient (Wildman–Crippen LogP) is 3.48. The van der Waals surface area contributed by atoms with Crippen molar-refractivity contribution < 1.29 is 28.1 Å². The maximum atomic E-state index is 12.7. The summed E-state index contributed by atoms with van der Waals surface area (Å²) < 4.78 is 15.6. The number of carbonyl (C=O) groups excluding carboxylic acids is 3. The molecule has 9 heteroatoms. The Kier molecular flexibility index (Phi) is 4.83. The van der Waals surface area contributed by atoms with Crippen molar-refractivity contribution in [1.82, 2.24) is 15.0 Å². The Morgan fingerprint density at radius 2 is 1.78 bits per heavy atom. The average molecular weight is 429 g/mol. The van der Waals surface area contributed by atoms with Crippen molar-refractivity contribution in [3.05, 3.63) is 95.3 Å². The summed E-state index contributed by atoms with van der Waals surface area (Å²) in [6, 6.07) is 16.8. The summed E-state index contributed by atoms with van der Waals surface area (Å²) in [6.07, 6.45) is 1.47. The highest BCUT2D eigenvalue weighted by Gasteiger charge is 2.36. The summed E-state index contributed by atoms with van der Waals surface area (Å²) in [5, 5.41) is 3.87.